The zero-order chi connectivity index (χ0) is 25.2. The minimum absolute atomic E-state index is 0.131. The molecule has 2 heterocycles. The van der Waals surface area contributed by atoms with E-state index < -0.39 is 10.0 Å². The molecule has 10 nitrogen and oxygen atoms in total. The van der Waals surface area contributed by atoms with E-state index in [0.29, 0.717) is 55.6 Å². The molecule has 0 unspecified atom stereocenters. The first-order valence-electron chi connectivity index (χ1n) is 11.2. The highest BCUT2D eigenvalue weighted by Crippen LogP contribution is 2.23. The Morgan fingerprint density at radius 3 is 2.43 bits per heavy atom. The molecule has 2 aromatic carbocycles. The van der Waals surface area contributed by atoms with Crippen LogP contribution in [0.3, 0.4) is 0 Å². The molecule has 1 aliphatic heterocycles. The van der Waals surface area contributed by atoms with Crippen LogP contribution in [0, 0.1) is 13.8 Å². The number of hydrogen-bond acceptors (Lipinski definition) is 8. The molecular formula is C24H29N5O5S. The van der Waals surface area contributed by atoms with Crippen molar-refractivity contribution in [1.29, 1.82) is 0 Å². The number of sulfonamides is 1. The number of aromatic nitrogens is 2. The third-order valence-corrected chi connectivity index (χ3v) is 7.80. The lowest BCUT2D eigenvalue weighted by Crippen LogP contribution is -2.48. The van der Waals surface area contributed by atoms with E-state index in [0.717, 1.165) is 16.9 Å². The molecule has 1 aromatic heterocycles. The van der Waals surface area contributed by atoms with E-state index in [1.807, 2.05) is 31.2 Å². The Labute approximate surface area is 204 Å². The number of piperazine rings is 1. The number of benzene rings is 2. The van der Waals surface area contributed by atoms with Crippen molar-refractivity contribution in [3.8, 4) is 17.1 Å². The van der Waals surface area contributed by atoms with Crippen molar-refractivity contribution in [2.45, 2.75) is 25.3 Å². The molecule has 35 heavy (non-hydrogen) atoms. The fraction of sp³-hybridized carbons (Fsp3) is 0.375. The Kier molecular flexibility index (Phi) is 7.20. The lowest BCUT2D eigenvalue weighted by Gasteiger charge is -2.34. The number of rotatable bonds is 7. The summed E-state index contributed by atoms with van der Waals surface area (Å²) in [5, 5.41) is 4.07. The first-order chi connectivity index (χ1) is 16.7. The van der Waals surface area contributed by atoms with E-state index in [9.17, 15) is 13.2 Å². The number of carbonyl (C=O) groups excluding carboxylic acids is 1. The second-order valence-electron chi connectivity index (χ2n) is 8.43. The predicted octanol–water partition coefficient (Wildman–Crippen LogP) is 2.23. The topological polar surface area (TPSA) is 118 Å². The number of carbonyl (C=O) groups is 1. The summed E-state index contributed by atoms with van der Waals surface area (Å²) in [6, 6.07) is 10.6. The van der Waals surface area contributed by atoms with Crippen LogP contribution in [0.4, 0.5) is 0 Å². The zero-order valence-electron chi connectivity index (χ0n) is 20.2. The van der Waals surface area contributed by atoms with E-state index in [2.05, 4.69) is 19.8 Å². The van der Waals surface area contributed by atoms with Gasteiger partial charge in [0, 0.05) is 37.3 Å². The third-order valence-electron chi connectivity index (χ3n) is 6.26. The Bertz CT molecular complexity index is 1310. The van der Waals surface area contributed by atoms with Crippen LogP contribution in [-0.2, 0) is 16.6 Å². The van der Waals surface area contributed by atoms with Crippen molar-refractivity contribution in [3.05, 3.63) is 59.0 Å². The minimum atomic E-state index is -3.66. The molecule has 0 radical (unpaired) electrons. The summed E-state index contributed by atoms with van der Waals surface area (Å²) in [6.07, 6.45) is 0. The summed E-state index contributed by atoms with van der Waals surface area (Å²) < 4.78 is 37.7. The van der Waals surface area contributed by atoms with Crippen LogP contribution in [0.25, 0.3) is 11.4 Å². The first kappa shape index (κ1) is 24.8. The van der Waals surface area contributed by atoms with Crippen LogP contribution in [0.2, 0.25) is 0 Å². The highest BCUT2D eigenvalue weighted by Gasteiger charge is 2.26. The van der Waals surface area contributed by atoms with Gasteiger partial charge in [-0.25, -0.2) is 13.1 Å². The summed E-state index contributed by atoms with van der Waals surface area (Å²) >= 11 is 0. The standard InChI is InChI=1S/C24H29N5O5S/c1-16-13-19(14-21(17(16)2)35(31,32)25-3)24(30)29-11-9-28(10-12-29)15-22-26-23(27-34-22)18-5-7-20(33-4)8-6-18/h5-8,13-14,25H,9-12,15H2,1-4H3. The maximum atomic E-state index is 13.1. The van der Waals surface area contributed by atoms with Crippen molar-refractivity contribution < 1.29 is 22.5 Å². The van der Waals surface area contributed by atoms with Gasteiger partial charge in [0.15, 0.2) is 0 Å². The third kappa shape index (κ3) is 5.37. The van der Waals surface area contributed by atoms with Crippen molar-refractivity contribution in [2.75, 3.05) is 40.3 Å². The highest BCUT2D eigenvalue weighted by molar-refractivity contribution is 7.89. The number of methoxy groups -OCH3 is 1. The van der Waals surface area contributed by atoms with E-state index >= 15 is 0 Å². The van der Waals surface area contributed by atoms with Gasteiger partial charge in [-0.2, -0.15) is 4.98 Å². The van der Waals surface area contributed by atoms with Gasteiger partial charge in [0.1, 0.15) is 5.75 Å². The fourth-order valence-corrected chi connectivity index (χ4v) is 5.07. The first-order valence-corrected chi connectivity index (χ1v) is 12.7. The molecule has 1 fully saturated rings. The van der Waals surface area contributed by atoms with Crippen LogP contribution in [0.15, 0.2) is 45.8 Å². The highest BCUT2D eigenvalue weighted by atomic mass is 32.2. The number of hydrogen-bond donors (Lipinski definition) is 1. The summed E-state index contributed by atoms with van der Waals surface area (Å²) in [4.78, 5) is 21.6. The van der Waals surface area contributed by atoms with Crippen molar-refractivity contribution in [2.24, 2.45) is 0 Å². The van der Waals surface area contributed by atoms with Crippen LogP contribution in [-0.4, -0.2) is 74.6 Å². The number of aryl methyl sites for hydroxylation is 1. The lowest BCUT2D eigenvalue weighted by molar-refractivity contribution is 0.0614. The molecule has 3 aromatic rings. The molecule has 1 N–H and O–H groups in total. The Morgan fingerprint density at radius 1 is 1.11 bits per heavy atom. The number of nitrogens with one attached hydrogen (secondary N) is 1. The maximum Gasteiger partial charge on any atom is 0.253 e. The molecule has 4 rings (SSSR count). The van der Waals surface area contributed by atoms with Crippen LogP contribution in [0.5, 0.6) is 5.75 Å². The molecule has 0 saturated carbocycles. The van der Waals surface area contributed by atoms with Crippen LogP contribution in [0.1, 0.15) is 27.4 Å². The van der Waals surface area contributed by atoms with Gasteiger partial charge in [0.25, 0.3) is 5.91 Å². The minimum Gasteiger partial charge on any atom is -0.497 e. The average Bonchev–Trinajstić information content (AvgIpc) is 3.34. The van der Waals surface area contributed by atoms with Gasteiger partial charge in [-0.3, -0.25) is 9.69 Å². The van der Waals surface area contributed by atoms with Gasteiger partial charge in [-0.05, 0) is 68.4 Å². The SMILES string of the molecule is CNS(=O)(=O)c1cc(C(=O)N2CCN(Cc3nc(-c4ccc(OC)cc4)no3)CC2)cc(C)c1C. The van der Waals surface area contributed by atoms with Gasteiger partial charge >= 0.3 is 0 Å². The van der Waals surface area contributed by atoms with Crippen molar-refractivity contribution in [1.82, 2.24) is 24.7 Å². The number of ether oxygens (including phenoxy) is 1. The zero-order valence-corrected chi connectivity index (χ0v) is 21.1. The molecular weight excluding hydrogens is 470 g/mol. The van der Waals surface area contributed by atoms with Crippen molar-refractivity contribution in [3.63, 3.8) is 0 Å². The summed E-state index contributed by atoms with van der Waals surface area (Å²) in [5.74, 6) is 1.59. The number of nitrogens with zero attached hydrogens (tertiary/aromatic N) is 4. The molecule has 1 amide bonds. The smallest absolute Gasteiger partial charge is 0.253 e. The molecule has 0 aliphatic carbocycles. The second-order valence-corrected chi connectivity index (χ2v) is 10.3. The normalized spacial score (nSPS) is 14.8. The second kappa shape index (κ2) is 10.1. The molecule has 11 heteroatoms. The van der Waals surface area contributed by atoms with Gasteiger partial charge in [0.05, 0.1) is 18.6 Å². The molecule has 1 aliphatic rings. The average molecular weight is 500 g/mol. The van der Waals surface area contributed by atoms with Gasteiger partial charge < -0.3 is 14.2 Å². The molecule has 0 atom stereocenters. The van der Waals surface area contributed by atoms with E-state index in [-0.39, 0.29) is 10.8 Å². The largest absolute Gasteiger partial charge is 0.497 e. The van der Waals surface area contributed by atoms with Gasteiger partial charge in [-0.15, -0.1) is 0 Å². The number of amides is 1. The summed E-state index contributed by atoms with van der Waals surface area (Å²) in [5.41, 5.74) is 2.60. The summed E-state index contributed by atoms with van der Waals surface area (Å²) in [6.45, 7) is 6.34. The summed E-state index contributed by atoms with van der Waals surface area (Å²) in [7, 11) is -0.686. The molecule has 1 saturated heterocycles. The Hall–Kier alpha value is -3.28. The Balaban J connectivity index is 1.39. The van der Waals surface area contributed by atoms with E-state index in [1.54, 1.807) is 25.0 Å². The molecule has 0 spiro atoms. The van der Waals surface area contributed by atoms with Gasteiger partial charge in [-0.1, -0.05) is 5.16 Å². The van der Waals surface area contributed by atoms with Gasteiger partial charge in [0.2, 0.25) is 21.7 Å². The lowest BCUT2D eigenvalue weighted by atomic mass is 10.0. The maximum absolute atomic E-state index is 13.1. The molecule has 0 bridgehead atoms. The fourth-order valence-electron chi connectivity index (χ4n) is 4.00. The van der Waals surface area contributed by atoms with E-state index in [4.69, 9.17) is 9.26 Å². The molecule has 186 valence electrons. The Morgan fingerprint density at radius 2 is 1.80 bits per heavy atom. The van der Waals surface area contributed by atoms with Crippen LogP contribution < -0.4 is 9.46 Å². The quantitative estimate of drug-likeness (QED) is 0.526. The van der Waals surface area contributed by atoms with E-state index in [1.165, 1.54) is 13.1 Å². The van der Waals surface area contributed by atoms with Crippen molar-refractivity contribution >= 4 is 15.9 Å². The monoisotopic (exact) mass is 499 g/mol. The van der Waals surface area contributed by atoms with Crippen LogP contribution >= 0.6 is 0 Å². The predicted molar refractivity (Wildman–Crippen MR) is 130 cm³/mol.